The van der Waals surface area contributed by atoms with Crippen LogP contribution >= 0.6 is 0 Å². The van der Waals surface area contributed by atoms with Crippen LogP contribution in [0, 0.1) is 0 Å². The van der Waals surface area contributed by atoms with Gasteiger partial charge in [-0.3, -0.25) is 4.84 Å². The lowest BCUT2D eigenvalue weighted by atomic mass is 10.0. The van der Waals surface area contributed by atoms with Gasteiger partial charge < -0.3 is 10.1 Å². The van der Waals surface area contributed by atoms with E-state index in [1.807, 2.05) is 34.7 Å². The van der Waals surface area contributed by atoms with Gasteiger partial charge in [0.15, 0.2) is 0 Å². The number of rotatable bonds is 9. The van der Waals surface area contributed by atoms with Crippen LogP contribution in [-0.4, -0.2) is 31.4 Å². The summed E-state index contributed by atoms with van der Waals surface area (Å²) in [7, 11) is 1.97. The molecular weight excluding hydrogens is 228 g/mol. The van der Waals surface area contributed by atoms with E-state index < -0.39 is 0 Å². The van der Waals surface area contributed by atoms with Gasteiger partial charge in [-0.05, 0) is 54.1 Å². The summed E-state index contributed by atoms with van der Waals surface area (Å²) in [6.07, 6.45) is 2.98. The highest BCUT2D eigenvalue weighted by molar-refractivity contribution is 4.71. The van der Waals surface area contributed by atoms with Gasteiger partial charge in [0, 0.05) is 6.42 Å². The molecule has 0 bridgehead atoms. The minimum atomic E-state index is -0.305. The van der Waals surface area contributed by atoms with Crippen molar-refractivity contribution in [2.45, 2.75) is 72.0 Å². The smallest absolute Gasteiger partial charge is 0.0859 e. The third-order valence-corrected chi connectivity index (χ3v) is 2.72. The average Bonchev–Trinajstić information content (AvgIpc) is 2.31. The van der Waals surface area contributed by atoms with E-state index in [9.17, 15) is 0 Å². The third kappa shape index (κ3) is 12.3. The largest absolute Gasteiger partial charge is 0.375 e. The monoisotopic (exact) mass is 262 g/mol. The van der Waals surface area contributed by atoms with E-state index in [1.54, 1.807) is 0 Å². The van der Waals surface area contributed by atoms with Gasteiger partial charge >= 0.3 is 0 Å². The molecule has 18 heavy (non-hydrogen) atoms. The molecule has 0 fully saturated rings. The zero-order chi connectivity index (χ0) is 14.7. The molecule has 0 saturated carbocycles. The summed E-state index contributed by atoms with van der Waals surface area (Å²) in [6.45, 7) is 13.9. The first-order valence-corrected chi connectivity index (χ1v) is 6.99. The van der Waals surface area contributed by atoms with Crippen molar-refractivity contribution in [1.82, 2.24) is 5.32 Å². The average molecular weight is 262 g/mol. The molecule has 0 atom stereocenters. The standard InChI is InChI=1S/C12H28N2O2.C2H6/c1-11(2,7-6-9-14-5)15-10-8-12(3,4)16-13;1-2/h14H,6-10,13H2,1-5H3;1-2H3. The molecule has 0 aromatic heterocycles. The Kier molecular flexibility index (Phi) is 12.0. The summed E-state index contributed by atoms with van der Waals surface area (Å²) in [4.78, 5) is 4.86. The SMILES string of the molecule is CC.CNCCCC(C)(C)OCCC(C)(C)ON. The second-order valence-electron chi connectivity index (χ2n) is 5.44. The molecule has 112 valence electrons. The predicted octanol–water partition coefficient (Wildman–Crippen LogP) is 2.87. The Hall–Kier alpha value is -0.160. The van der Waals surface area contributed by atoms with Crippen LogP contribution in [0.1, 0.15) is 60.8 Å². The highest BCUT2D eigenvalue weighted by atomic mass is 16.6. The molecule has 0 saturated heterocycles. The second kappa shape index (κ2) is 10.7. The molecule has 0 spiro atoms. The molecule has 4 heteroatoms. The Bertz CT molecular complexity index is 183. The molecule has 3 N–H and O–H groups in total. The van der Waals surface area contributed by atoms with Gasteiger partial charge in [0.2, 0.25) is 0 Å². The molecule has 0 aromatic carbocycles. The van der Waals surface area contributed by atoms with Gasteiger partial charge in [-0.1, -0.05) is 13.8 Å². The zero-order valence-corrected chi connectivity index (χ0v) is 13.4. The van der Waals surface area contributed by atoms with Gasteiger partial charge in [-0.2, -0.15) is 0 Å². The van der Waals surface area contributed by atoms with Crippen LogP contribution in [0.5, 0.6) is 0 Å². The summed E-state index contributed by atoms with van der Waals surface area (Å²) >= 11 is 0. The number of ether oxygens (including phenoxy) is 1. The van der Waals surface area contributed by atoms with Crippen LogP contribution in [0.25, 0.3) is 0 Å². The number of nitrogens with two attached hydrogens (primary N) is 1. The Balaban J connectivity index is 0. The highest BCUT2D eigenvalue weighted by Crippen LogP contribution is 2.19. The first-order chi connectivity index (χ1) is 8.33. The number of hydrogen-bond acceptors (Lipinski definition) is 4. The van der Waals surface area contributed by atoms with Crippen molar-refractivity contribution in [3.63, 3.8) is 0 Å². The minimum Gasteiger partial charge on any atom is -0.375 e. The molecule has 4 nitrogen and oxygen atoms in total. The van der Waals surface area contributed by atoms with Gasteiger partial charge in [-0.25, -0.2) is 5.90 Å². The maximum Gasteiger partial charge on any atom is 0.0859 e. The van der Waals surface area contributed by atoms with Crippen molar-refractivity contribution < 1.29 is 9.57 Å². The van der Waals surface area contributed by atoms with Gasteiger partial charge in [0.25, 0.3) is 0 Å². The molecular formula is C14H34N2O2. The number of nitrogens with one attached hydrogen (secondary N) is 1. The van der Waals surface area contributed by atoms with E-state index in [4.69, 9.17) is 15.5 Å². The van der Waals surface area contributed by atoms with Gasteiger partial charge in [0.1, 0.15) is 0 Å². The van der Waals surface area contributed by atoms with Gasteiger partial charge in [0.05, 0.1) is 17.8 Å². The van der Waals surface area contributed by atoms with E-state index in [0.29, 0.717) is 6.61 Å². The first-order valence-electron chi connectivity index (χ1n) is 6.99. The summed E-state index contributed by atoms with van der Waals surface area (Å²) in [5.41, 5.74) is -0.372. The lowest BCUT2D eigenvalue weighted by molar-refractivity contribution is -0.0760. The molecule has 0 unspecified atom stereocenters. The van der Waals surface area contributed by atoms with Crippen molar-refractivity contribution in [1.29, 1.82) is 0 Å². The van der Waals surface area contributed by atoms with Crippen LogP contribution in [0.15, 0.2) is 0 Å². The second-order valence-corrected chi connectivity index (χ2v) is 5.44. The quantitative estimate of drug-likeness (QED) is 0.495. The topological polar surface area (TPSA) is 56.5 Å². The normalized spacial score (nSPS) is 12.0. The molecule has 0 radical (unpaired) electrons. The van der Waals surface area contributed by atoms with E-state index in [1.165, 1.54) is 0 Å². The van der Waals surface area contributed by atoms with Crippen LogP contribution in [0.4, 0.5) is 0 Å². The van der Waals surface area contributed by atoms with E-state index in [0.717, 1.165) is 25.8 Å². The van der Waals surface area contributed by atoms with Gasteiger partial charge in [-0.15, -0.1) is 0 Å². The Labute approximate surface area is 114 Å². The summed E-state index contributed by atoms with van der Waals surface area (Å²) in [6, 6.07) is 0. The van der Waals surface area contributed by atoms with Crippen molar-refractivity contribution in [2.24, 2.45) is 5.90 Å². The first kappa shape index (κ1) is 20.2. The molecule has 0 rings (SSSR count). The maximum absolute atomic E-state index is 5.85. The zero-order valence-electron chi connectivity index (χ0n) is 13.4. The van der Waals surface area contributed by atoms with E-state index in [2.05, 4.69) is 19.2 Å². The molecule has 0 aliphatic rings. The number of hydrogen-bond donors (Lipinski definition) is 2. The Morgan fingerprint density at radius 1 is 1.00 bits per heavy atom. The molecule has 0 aliphatic heterocycles. The van der Waals surface area contributed by atoms with Crippen molar-refractivity contribution >= 4 is 0 Å². The predicted molar refractivity (Wildman–Crippen MR) is 78.5 cm³/mol. The Morgan fingerprint density at radius 2 is 1.56 bits per heavy atom. The Morgan fingerprint density at radius 3 is 2.00 bits per heavy atom. The molecule has 0 aliphatic carbocycles. The van der Waals surface area contributed by atoms with Crippen LogP contribution in [0.2, 0.25) is 0 Å². The van der Waals surface area contributed by atoms with Crippen molar-refractivity contribution in [3.05, 3.63) is 0 Å². The summed E-state index contributed by atoms with van der Waals surface area (Å²) in [5.74, 6) is 5.19. The fourth-order valence-electron chi connectivity index (χ4n) is 1.40. The molecule has 0 aromatic rings. The van der Waals surface area contributed by atoms with E-state index >= 15 is 0 Å². The van der Waals surface area contributed by atoms with E-state index in [-0.39, 0.29) is 11.2 Å². The minimum absolute atomic E-state index is 0.0679. The summed E-state index contributed by atoms with van der Waals surface area (Å²) in [5, 5.41) is 3.14. The van der Waals surface area contributed by atoms with Crippen LogP contribution in [0.3, 0.4) is 0 Å². The molecule has 0 amide bonds. The molecule has 0 heterocycles. The highest BCUT2D eigenvalue weighted by Gasteiger charge is 2.21. The fourth-order valence-corrected chi connectivity index (χ4v) is 1.40. The van der Waals surface area contributed by atoms with Crippen molar-refractivity contribution in [2.75, 3.05) is 20.2 Å². The lowest BCUT2D eigenvalue weighted by Crippen LogP contribution is -2.33. The van der Waals surface area contributed by atoms with Crippen LogP contribution in [-0.2, 0) is 9.57 Å². The fraction of sp³-hybridized carbons (Fsp3) is 1.00. The van der Waals surface area contributed by atoms with Crippen LogP contribution < -0.4 is 11.2 Å². The third-order valence-electron chi connectivity index (χ3n) is 2.72. The maximum atomic E-state index is 5.85. The van der Waals surface area contributed by atoms with Crippen molar-refractivity contribution in [3.8, 4) is 0 Å². The summed E-state index contributed by atoms with van der Waals surface area (Å²) < 4.78 is 5.85. The lowest BCUT2D eigenvalue weighted by Gasteiger charge is -2.28.